The number of amides is 2. The smallest absolute Gasteiger partial charge is 0.281 e. The molecule has 0 bridgehead atoms. The number of hydrogen-bond donors (Lipinski definition) is 3. The number of hydrogen-bond acceptors (Lipinski definition) is 2. The molecule has 1 atom stereocenters. The predicted octanol–water partition coefficient (Wildman–Crippen LogP) is -1.28. The Morgan fingerprint density at radius 3 is 2.89 bits per heavy atom. The molecule has 0 aliphatic carbocycles. The molecule has 1 aliphatic rings. The lowest BCUT2D eigenvalue weighted by molar-refractivity contribution is -0.688. The van der Waals surface area contributed by atoms with Crippen molar-refractivity contribution < 1.29 is 9.69 Å². The van der Waals surface area contributed by atoms with Crippen molar-refractivity contribution in [2.75, 3.05) is 7.05 Å². The second-order valence-electron chi connectivity index (χ2n) is 1.85. The maximum Gasteiger partial charge on any atom is 0.425 e. The van der Waals surface area contributed by atoms with Crippen LogP contribution in [0.25, 0.3) is 0 Å². The summed E-state index contributed by atoms with van der Waals surface area (Å²) in [5.74, 6) is 0.291. The summed E-state index contributed by atoms with van der Waals surface area (Å²) in [6.07, 6.45) is 3.02. The van der Waals surface area contributed by atoms with Crippen molar-refractivity contribution in [2.45, 2.75) is 0 Å². The first-order valence-electron chi connectivity index (χ1n) is 2.61. The van der Waals surface area contributed by atoms with E-state index in [2.05, 4.69) is 5.32 Å². The molecule has 9 heavy (non-hydrogen) atoms. The molecule has 48 valence electrons. The van der Waals surface area contributed by atoms with Crippen LogP contribution in [0.3, 0.4) is 0 Å². The molecule has 0 saturated carbocycles. The molecule has 0 aromatic heterocycles. The van der Waals surface area contributed by atoms with Crippen LogP contribution in [0.2, 0.25) is 0 Å². The van der Waals surface area contributed by atoms with Crippen LogP contribution in [0.1, 0.15) is 0 Å². The number of likely N-dealkylation sites (N-methyl/N-ethyl adjacent to an activating group) is 1. The number of quaternary nitrogens is 1. The summed E-state index contributed by atoms with van der Waals surface area (Å²) in [7, 11) is 1.63. The molecule has 4 heteroatoms. The third-order valence-corrected chi connectivity index (χ3v) is 1.21. The van der Waals surface area contributed by atoms with E-state index in [9.17, 15) is 4.79 Å². The molecule has 3 N–H and O–H groups in total. The van der Waals surface area contributed by atoms with Crippen LogP contribution in [-0.4, -0.2) is 18.9 Å². The van der Waals surface area contributed by atoms with Crippen LogP contribution in [0.4, 0.5) is 4.79 Å². The third kappa shape index (κ3) is 0.972. The molecule has 1 rings (SSSR count). The van der Waals surface area contributed by atoms with Gasteiger partial charge in [0.1, 0.15) is 0 Å². The Kier molecular flexibility index (Phi) is 1.32. The van der Waals surface area contributed by atoms with Gasteiger partial charge in [0, 0.05) is 12.3 Å². The number of carbonyl (C=O) groups is 1. The molecule has 1 heterocycles. The number of carbonyl (C=O) groups excluding carboxylic acids is 1. The second kappa shape index (κ2) is 1.99. The van der Waals surface area contributed by atoms with E-state index in [-0.39, 0.29) is 6.03 Å². The zero-order valence-electron chi connectivity index (χ0n) is 5.06. The highest BCUT2D eigenvalue weighted by Crippen LogP contribution is 1.72. The van der Waals surface area contributed by atoms with Crippen molar-refractivity contribution in [3.05, 3.63) is 12.3 Å². The maximum absolute atomic E-state index is 10.7. The van der Waals surface area contributed by atoms with Crippen LogP contribution < -0.4 is 10.2 Å². The monoisotopic (exact) mass is 126 g/mol. The number of rotatable bonds is 0. The first-order chi connectivity index (χ1) is 4.22. The van der Waals surface area contributed by atoms with Crippen LogP contribution >= 0.6 is 0 Å². The van der Waals surface area contributed by atoms with Gasteiger partial charge in [-0.2, -0.15) is 0 Å². The number of urea groups is 1. The second-order valence-corrected chi connectivity index (χ2v) is 1.85. The minimum Gasteiger partial charge on any atom is -0.281 e. The standard InChI is InChI=1S/C5H7N3O/c1-8-4(6)2-3-7-5(8)9/h2-3,6H,1H3,(H,7,9)/p+1. The van der Waals surface area contributed by atoms with E-state index in [4.69, 9.17) is 5.41 Å². The fraction of sp³-hybridized carbons (Fsp3) is 0.200. The van der Waals surface area contributed by atoms with Gasteiger partial charge in [0.2, 0.25) is 5.84 Å². The Morgan fingerprint density at radius 1 is 1.78 bits per heavy atom. The zero-order valence-corrected chi connectivity index (χ0v) is 5.06. The maximum atomic E-state index is 10.7. The van der Waals surface area contributed by atoms with Crippen molar-refractivity contribution in [1.82, 2.24) is 5.32 Å². The van der Waals surface area contributed by atoms with Gasteiger partial charge in [-0.25, -0.2) is 9.69 Å². The first kappa shape index (κ1) is 5.97. The summed E-state index contributed by atoms with van der Waals surface area (Å²) in [6.45, 7) is 0. The summed E-state index contributed by atoms with van der Waals surface area (Å²) in [5, 5.41) is 9.61. The van der Waals surface area contributed by atoms with Crippen molar-refractivity contribution in [3.8, 4) is 0 Å². The molecular weight excluding hydrogens is 118 g/mol. The lowest BCUT2D eigenvalue weighted by atomic mass is 10.4. The van der Waals surface area contributed by atoms with E-state index >= 15 is 0 Å². The average molecular weight is 126 g/mol. The highest BCUT2D eigenvalue weighted by molar-refractivity contribution is 5.92. The Hall–Kier alpha value is -1.16. The molecule has 0 spiro atoms. The minimum atomic E-state index is -0.178. The van der Waals surface area contributed by atoms with E-state index in [1.807, 2.05) is 0 Å². The molecular formula is C5H8N3O+. The van der Waals surface area contributed by atoms with Gasteiger partial charge in [0.15, 0.2) is 0 Å². The molecule has 2 amide bonds. The summed E-state index contributed by atoms with van der Waals surface area (Å²) in [5.41, 5.74) is 0. The predicted molar refractivity (Wildman–Crippen MR) is 32.3 cm³/mol. The van der Waals surface area contributed by atoms with E-state index < -0.39 is 0 Å². The lowest BCUT2D eigenvalue weighted by Gasteiger charge is -2.11. The molecule has 0 saturated heterocycles. The van der Waals surface area contributed by atoms with Gasteiger partial charge < -0.3 is 0 Å². The molecule has 4 nitrogen and oxygen atoms in total. The van der Waals surface area contributed by atoms with Crippen LogP contribution in [0.15, 0.2) is 12.3 Å². The summed E-state index contributed by atoms with van der Waals surface area (Å²) in [4.78, 5) is 11.1. The van der Waals surface area contributed by atoms with Crippen LogP contribution in [0.5, 0.6) is 0 Å². The minimum absolute atomic E-state index is 0.178. The van der Waals surface area contributed by atoms with Crippen LogP contribution in [-0.2, 0) is 0 Å². The van der Waals surface area contributed by atoms with Gasteiger partial charge in [0.05, 0.1) is 7.05 Å². The number of nitrogens with one attached hydrogen (secondary N) is 3. The Bertz CT molecular complexity index is 185. The first-order valence-corrected chi connectivity index (χ1v) is 2.61. The Balaban J connectivity index is 2.81. The number of amidine groups is 1. The van der Waals surface area contributed by atoms with E-state index in [0.29, 0.717) is 10.7 Å². The summed E-state index contributed by atoms with van der Waals surface area (Å²) in [6, 6.07) is -0.178. The van der Waals surface area contributed by atoms with Crippen molar-refractivity contribution >= 4 is 11.9 Å². The third-order valence-electron chi connectivity index (χ3n) is 1.21. The highest BCUT2D eigenvalue weighted by Gasteiger charge is 2.19. The highest BCUT2D eigenvalue weighted by atomic mass is 16.2. The largest absolute Gasteiger partial charge is 0.425 e. The fourth-order valence-corrected chi connectivity index (χ4v) is 0.556. The quantitative estimate of drug-likeness (QED) is 0.372. The molecule has 1 unspecified atom stereocenters. The van der Waals surface area contributed by atoms with Gasteiger partial charge in [-0.3, -0.25) is 10.7 Å². The zero-order chi connectivity index (χ0) is 6.85. The Morgan fingerprint density at radius 2 is 2.44 bits per heavy atom. The van der Waals surface area contributed by atoms with E-state index in [1.54, 1.807) is 13.1 Å². The van der Waals surface area contributed by atoms with E-state index in [0.717, 1.165) is 0 Å². The van der Waals surface area contributed by atoms with Gasteiger partial charge in [-0.15, -0.1) is 0 Å². The topological polar surface area (TPSA) is 57.4 Å². The van der Waals surface area contributed by atoms with Gasteiger partial charge in [0.25, 0.3) is 0 Å². The lowest BCUT2D eigenvalue weighted by Crippen LogP contribution is -3.16. The summed E-state index contributed by atoms with van der Waals surface area (Å²) < 4.78 is 0. The molecule has 1 aliphatic heterocycles. The molecule has 0 fully saturated rings. The van der Waals surface area contributed by atoms with Crippen molar-refractivity contribution in [3.63, 3.8) is 0 Å². The Labute approximate surface area is 52.7 Å². The van der Waals surface area contributed by atoms with Crippen molar-refractivity contribution in [1.29, 1.82) is 5.41 Å². The normalized spacial score (nSPS) is 26.1. The SMILES string of the molecule is C[NH+]1C(=N)C=CNC1=O. The van der Waals surface area contributed by atoms with Gasteiger partial charge in [-0.1, -0.05) is 0 Å². The average Bonchev–Trinajstić information content (AvgIpc) is 1.83. The van der Waals surface area contributed by atoms with Gasteiger partial charge in [-0.05, 0) is 0 Å². The summed E-state index contributed by atoms with van der Waals surface area (Å²) >= 11 is 0. The molecule has 0 radical (unpaired) electrons. The molecule has 0 aromatic rings. The van der Waals surface area contributed by atoms with E-state index in [1.165, 1.54) is 6.20 Å². The van der Waals surface area contributed by atoms with Crippen molar-refractivity contribution in [2.24, 2.45) is 0 Å². The van der Waals surface area contributed by atoms with Crippen LogP contribution in [0, 0.1) is 5.41 Å². The molecule has 0 aromatic carbocycles. The van der Waals surface area contributed by atoms with Gasteiger partial charge >= 0.3 is 6.03 Å². The fourth-order valence-electron chi connectivity index (χ4n) is 0.556.